The van der Waals surface area contributed by atoms with E-state index in [1.807, 2.05) is 42.2 Å². The molecule has 3 nitrogen and oxygen atoms in total. The van der Waals surface area contributed by atoms with Gasteiger partial charge in [-0.2, -0.15) is 13.2 Å². The van der Waals surface area contributed by atoms with Crippen LogP contribution in [-0.4, -0.2) is 12.1 Å². The number of carboxylic acids is 1. The smallest absolute Gasteiger partial charge is 0.430 e. The zero-order valence-corrected chi connectivity index (χ0v) is 7.28. The van der Waals surface area contributed by atoms with Gasteiger partial charge in [-0.25, -0.2) is 4.57 Å². The van der Waals surface area contributed by atoms with Crippen molar-refractivity contribution < 1.29 is 27.6 Å². The van der Waals surface area contributed by atoms with Crippen LogP contribution in [0, 0.1) is 0 Å². The van der Waals surface area contributed by atoms with Crippen molar-refractivity contribution in [3.8, 4) is 0 Å². The van der Waals surface area contributed by atoms with E-state index in [0.29, 0.717) is 0 Å². The van der Waals surface area contributed by atoms with Crippen LogP contribution in [0.1, 0.15) is 0 Å². The molecule has 1 aromatic rings. The third-order valence-corrected chi connectivity index (χ3v) is 1.10. The fourth-order valence-corrected chi connectivity index (χ4v) is 0.485. The molecule has 0 aliphatic carbocycles. The Morgan fingerprint density at radius 3 is 1.71 bits per heavy atom. The lowest BCUT2D eigenvalue weighted by Gasteiger charge is -2.03. The fraction of sp³-hybridized carbons (Fsp3) is 0.250. The van der Waals surface area contributed by atoms with Gasteiger partial charge in [-0.15, -0.1) is 0 Å². The van der Waals surface area contributed by atoms with Crippen molar-refractivity contribution in [2.45, 2.75) is 6.18 Å². The molecular weight excluding hydrogens is 199 g/mol. The molecule has 0 bridgehead atoms. The molecule has 0 saturated carbocycles. The van der Waals surface area contributed by atoms with Crippen LogP contribution in [-0.2, 0) is 11.8 Å². The molecule has 78 valence electrons. The maximum atomic E-state index is 10.5. The highest BCUT2D eigenvalue weighted by atomic mass is 19.4. The number of hydrogen-bond acceptors (Lipinski definition) is 2. The summed E-state index contributed by atoms with van der Waals surface area (Å²) in [6.07, 6.45) is -1.19. The zero-order chi connectivity index (χ0) is 11.2. The van der Waals surface area contributed by atoms with Gasteiger partial charge in [-0.05, 0) is 0 Å². The van der Waals surface area contributed by atoms with E-state index in [1.165, 1.54) is 0 Å². The second-order valence-electron chi connectivity index (χ2n) is 2.33. The topological polar surface area (TPSA) is 44.0 Å². The van der Waals surface area contributed by atoms with Gasteiger partial charge in [0.15, 0.2) is 12.4 Å². The first-order valence-corrected chi connectivity index (χ1v) is 3.52. The van der Waals surface area contributed by atoms with Gasteiger partial charge >= 0.3 is 6.18 Å². The summed E-state index contributed by atoms with van der Waals surface area (Å²) >= 11 is 0. The average molecular weight is 207 g/mol. The van der Waals surface area contributed by atoms with Crippen LogP contribution in [0.15, 0.2) is 30.6 Å². The molecular formula is C8H8F3NO2. The van der Waals surface area contributed by atoms with E-state index in [-0.39, 0.29) is 0 Å². The first kappa shape index (κ1) is 12.4. The molecule has 0 atom stereocenters. The highest BCUT2D eigenvalue weighted by Crippen LogP contribution is 2.11. The van der Waals surface area contributed by atoms with Gasteiger partial charge in [-0.3, -0.25) is 0 Å². The molecule has 0 fully saturated rings. The first-order chi connectivity index (χ1) is 6.34. The number of alkyl halides is 3. The summed E-state index contributed by atoms with van der Waals surface area (Å²) in [5.41, 5.74) is 0. The van der Waals surface area contributed by atoms with Crippen LogP contribution in [0.2, 0.25) is 0 Å². The fourth-order valence-electron chi connectivity index (χ4n) is 0.485. The van der Waals surface area contributed by atoms with E-state index in [2.05, 4.69) is 0 Å². The average Bonchev–Trinajstić information content (AvgIpc) is 2.04. The van der Waals surface area contributed by atoms with Crippen molar-refractivity contribution in [1.82, 2.24) is 0 Å². The Bertz CT molecular complexity index is 284. The number of nitrogens with zero attached hydrogens (tertiary/aromatic N) is 1. The summed E-state index contributed by atoms with van der Waals surface area (Å²) < 4.78 is 33.5. The third kappa shape index (κ3) is 5.99. The predicted molar refractivity (Wildman–Crippen MR) is 38.7 cm³/mol. The second-order valence-corrected chi connectivity index (χ2v) is 2.33. The first-order valence-electron chi connectivity index (χ1n) is 3.52. The van der Waals surface area contributed by atoms with Crippen molar-refractivity contribution in [2.75, 3.05) is 0 Å². The predicted octanol–water partition coefficient (Wildman–Crippen LogP) is -0.190. The lowest BCUT2D eigenvalue weighted by Crippen LogP contribution is -2.37. The third-order valence-electron chi connectivity index (χ3n) is 1.10. The molecule has 0 amide bonds. The van der Waals surface area contributed by atoms with Crippen LogP contribution in [0.25, 0.3) is 0 Å². The van der Waals surface area contributed by atoms with Gasteiger partial charge in [-0.1, -0.05) is 6.07 Å². The standard InChI is InChI=1S/C6H8N.C2HF3O2/c1-7-5-3-2-4-6-7;3-2(4,5)1(6)7/h2-6H,1H3;(H,6,7)/q+1;/p-1. The lowest BCUT2D eigenvalue weighted by molar-refractivity contribution is -0.671. The molecule has 0 aliphatic heterocycles. The SMILES string of the molecule is C[n+]1ccccc1.O=C([O-])C(F)(F)F. The molecule has 6 heteroatoms. The zero-order valence-electron chi connectivity index (χ0n) is 7.28. The van der Waals surface area contributed by atoms with Crippen LogP contribution in [0.4, 0.5) is 13.2 Å². The van der Waals surface area contributed by atoms with E-state index in [1.54, 1.807) is 0 Å². The van der Waals surface area contributed by atoms with Crippen molar-refractivity contribution in [1.29, 1.82) is 0 Å². The Kier molecular flexibility index (Phi) is 4.62. The van der Waals surface area contributed by atoms with E-state index in [0.717, 1.165) is 0 Å². The number of aromatic nitrogens is 1. The van der Waals surface area contributed by atoms with Crippen LogP contribution in [0.5, 0.6) is 0 Å². The molecule has 0 N–H and O–H groups in total. The number of hydrogen-bond donors (Lipinski definition) is 0. The number of pyridine rings is 1. The van der Waals surface area contributed by atoms with Gasteiger partial charge in [0.1, 0.15) is 13.0 Å². The Morgan fingerprint density at radius 1 is 1.21 bits per heavy atom. The molecule has 0 saturated heterocycles. The van der Waals surface area contributed by atoms with Crippen LogP contribution < -0.4 is 9.67 Å². The summed E-state index contributed by atoms with van der Waals surface area (Å²) in [5, 5.41) is 8.78. The molecule has 14 heavy (non-hydrogen) atoms. The van der Waals surface area contributed by atoms with Crippen molar-refractivity contribution in [2.24, 2.45) is 7.05 Å². The molecule has 0 aliphatic rings. The highest BCUT2D eigenvalue weighted by molar-refractivity contribution is 5.70. The molecule has 0 spiro atoms. The minimum atomic E-state index is -5.19. The number of aliphatic carboxylic acids is 1. The van der Waals surface area contributed by atoms with Crippen molar-refractivity contribution >= 4 is 5.97 Å². The number of carbonyl (C=O) groups excluding carboxylic acids is 1. The summed E-state index contributed by atoms with van der Waals surface area (Å²) in [6, 6.07) is 6.00. The highest BCUT2D eigenvalue weighted by Gasteiger charge is 2.28. The molecule has 0 aromatic carbocycles. The molecule has 1 heterocycles. The van der Waals surface area contributed by atoms with Crippen LogP contribution in [0.3, 0.4) is 0 Å². The Labute approximate surface area is 78.4 Å². The Morgan fingerprint density at radius 2 is 1.57 bits per heavy atom. The lowest BCUT2D eigenvalue weighted by atomic mass is 10.5. The Balaban J connectivity index is 0.000000241. The van der Waals surface area contributed by atoms with Gasteiger partial charge in [0.2, 0.25) is 0 Å². The summed E-state index contributed by atoms with van der Waals surface area (Å²) in [5.74, 6) is -3.01. The van der Waals surface area contributed by atoms with E-state index in [9.17, 15) is 13.2 Å². The van der Waals surface area contributed by atoms with Gasteiger partial charge in [0.05, 0.1) is 0 Å². The number of carbonyl (C=O) groups is 1. The number of rotatable bonds is 0. The van der Waals surface area contributed by atoms with Crippen LogP contribution >= 0.6 is 0 Å². The van der Waals surface area contributed by atoms with Crippen molar-refractivity contribution in [3.05, 3.63) is 30.6 Å². The summed E-state index contributed by atoms with van der Waals surface area (Å²) in [7, 11) is 2.00. The normalized spacial score (nSPS) is 10.0. The number of aryl methyl sites for hydroxylation is 1. The van der Waals surface area contributed by atoms with E-state index in [4.69, 9.17) is 9.90 Å². The minimum absolute atomic E-state index is 2.00. The quantitative estimate of drug-likeness (QED) is 0.553. The molecule has 0 unspecified atom stereocenters. The number of halogens is 3. The van der Waals surface area contributed by atoms with Gasteiger partial charge in [0, 0.05) is 12.1 Å². The van der Waals surface area contributed by atoms with Gasteiger partial charge in [0.25, 0.3) is 0 Å². The van der Waals surface area contributed by atoms with E-state index >= 15 is 0 Å². The summed E-state index contributed by atoms with van der Waals surface area (Å²) in [6.45, 7) is 0. The minimum Gasteiger partial charge on any atom is -0.542 e. The monoisotopic (exact) mass is 207 g/mol. The van der Waals surface area contributed by atoms with Gasteiger partial charge < -0.3 is 9.90 Å². The maximum absolute atomic E-state index is 10.5. The number of carboxylic acid groups (broad SMARTS) is 1. The largest absolute Gasteiger partial charge is 0.542 e. The molecule has 1 rings (SSSR count). The maximum Gasteiger partial charge on any atom is 0.430 e. The molecule has 1 aromatic heterocycles. The molecule has 0 radical (unpaired) electrons. The Hall–Kier alpha value is -1.59. The second kappa shape index (κ2) is 5.21. The van der Waals surface area contributed by atoms with E-state index < -0.39 is 12.1 Å². The van der Waals surface area contributed by atoms with Crippen molar-refractivity contribution in [3.63, 3.8) is 0 Å². The summed E-state index contributed by atoms with van der Waals surface area (Å²) in [4.78, 5) is 8.78.